The van der Waals surface area contributed by atoms with E-state index in [0.717, 1.165) is 12.1 Å². The molecule has 0 aliphatic carbocycles. The maximum Gasteiger partial charge on any atom is 0.142 e. The van der Waals surface area contributed by atoms with Gasteiger partial charge in [-0.05, 0) is 31.9 Å². The zero-order chi connectivity index (χ0) is 14.7. The molecule has 0 atom stereocenters. The summed E-state index contributed by atoms with van der Waals surface area (Å²) in [4.78, 5) is 12.0. The average Bonchev–Trinajstić information content (AvgIpc) is 2.26. The van der Waals surface area contributed by atoms with Crippen LogP contribution < -0.4 is 5.32 Å². The number of carbonyl (C=O) groups is 1. The van der Waals surface area contributed by atoms with E-state index in [1.165, 1.54) is 5.56 Å². The molecule has 0 unspecified atom stereocenters. The van der Waals surface area contributed by atoms with E-state index < -0.39 is 0 Å². The summed E-state index contributed by atoms with van der Waals surface area (Å²) in [6.07, 6.45) is 0.524. The molecule has 0 aliphatic heterocycles. The van der Waals surface area contributed by atoms with E-state index in [4.69, 9.17) is 0 Å². The molecule has 0 radical (unpaired) electrons. The van der Waals surface area contributed by atoms with Crippen LogP contribution in [0.4, 0.5) is 0 Å². The summed E-state index contributed by atoms with van der Waals surface area (Å²) >= 11 is 0. The molecule has 0 fully saturated rings. The van der Waals surface area contributed by atoms with E-state index in [0.29, 0.717) is 6.42 Å². The van der Waals surface area contributed by atoms with Crippen molar-refractivity contribution in [3.8, 4) is 0 Å². The van der Waals surface area contributed by atoms with Gasteiger partial charge in [-0.15, -0.1) is 0 Å². The van der Waals surface area contributed by atoms with E-state index >= 15 is 0 Å². The minimum absolute atomic E-state index is 0.126. The first kappa shape index (κ1) is 15.9. The molecule has 0 spiro atoms. The Morgan fingerprint density at radius 2 is 1.42 bits per heavy atom. The lowest BCUT2D eigenvalue weighted by atomic mass is 9.87. The lowest BCUT2D eigenvalue weighted by Crippen LogP contribution is -2.35. The van der Waals surface area contributed by atoms with Gasteiger partial charge in [-0.2, -0.15) is 0 Å². The Morgan fingerprint density at radius 1 is 0.947 bits per heavy atom. The van der Waals surface area contributed by atoms with Crippen LogP contribution in [0.3, 0.4) is 0 Å². The van der Waals surface area contributed by atoms with Crippen molar-refractivity contribution in [2.24, 2.45) is 5.41 Å². The number of hydrogen-bond donors (Lipinski definition) is 1. The summed E-state index contributed by atoms with van der Waals surface area (Å²) < 4.78 is 0. The van der Waals surface area contributed by atoms with Gasteiger partial charge in [-0.3, -0.25) is 4.79 Å². The fourth-order valence-electron chi connectivity index (χ4n) is 1.59. The van der Waals surface area contributed by atoms with Crippen LogP contribution in [0, 0.1) is 5.41 Å². The first-order valence-electron chi connectivity index (χ1n) is 6.94. The minimum atomic E-state index is -0.257. The Balaban J connectivity index is 2.60. The van der Waals surface area contributed by atoms with Crippen LogP contribution in [0.15, 0.2) is 24.3 Å². The first-order chi connectivity index (χ1) is 8.58. The Hall–Kier alpha value is -1.15. The van der Waals surface area contributed by atoms with Crippen LogP contribution in [-0.2, 0) is 17.8 Å². The Bertz CT molecular complexity index is 418. The lowest BCUT2D eigenvalue weighted by molar-refractivity contribution is -0.125. The number of nitrogens with one attached hydrogen (secondary N) is 1. The van der Waals surface area contributed by atoms with Gasteiger partial charge in [-0.25, -0.2) is 0 Å². The molecule has 0 saturated carbocycles. The second-order valence-electron chi connectivity index (χ2n) is 7.27. The van der Waals surface area contributed by atoms with Crippen molar-refractivity contribution in [3.05, 3.63) is 35.4 Å². The summed E-state index contributed by atoms with van der Waals surface area (Å²) in [5, 5.41) is 3.46. The molecule has 2 heteroatoms. The molecule has 0 bridgehead atoms. The van der Waals surface area contributed by atoms with Crippen molar-refractivity contribution in [2.75, 3.05) is 0 Å². The summed E-state index contributed by atoms with van der Waals surface area (Å²) in [6.45, 7) is 13.2. The van der Waals surface area contributed by atoms with Crippen LogP contribution in [0.2, 0.25) is 0 Å². The summed E-state index contributed by atoms with van der Waals surface area (Å²) in [5.74, 6) is 0.285. The third kappa shape index (κ3) is 6.02. The van der Waals surface area contributed by atoms with Crippen LogP contribution in [0.5, 0.6) is 0 Å². The minimum Gasteiger partial charge on any atom is -0.308 e. The smallest absolute Gasteiger partial charge is 0.142 e. The van der Waals surface area contributed by atoms with E-state index in [2.05, 4.69) is 50.4 Å². The first-order valence-corrected chi connectivity index (χ1v) is 6.94. The molecule has 19 heavy (non-hydrogen) atoms. The molecule has 1 N–H and O–H groups in total. The second kappa shape index (κ2) is 5.87. The molecule has 2 nitrogen and oxygen atoms in total. The SMILES string of the molecule is CC(C)(C)NCc1ccc(CC(=O)C(C)(C)C)cc1. The number of hydrogen-bond acceptors (Lipinski definition) is 2. The highest BCUT2D eigenvalue weighted by molar-refractivity contribution is 5.85. The Morgan fingerprint density at radius 3 is 1.84 bits per heavy atom. The number of Topliss-reactive ketones (excluding diaryl/α,β-unsaturated/α-hetero) is 1. The van der Waals surface area contributed by atoms with Crippen molar-refractivity contribution in [3.63, 3.8) is 0 Å². The maximum absolute atomic E-state index is 12.0. The molecule has 1 aromatic rings. The van der Waals surface area contributed by atoms with Gasteiger partial charge in [0.2, 0.25) is 0 Å². The highest BCUT2D eigenvalue weighted by Gasteiger charge is 2.20. The monoisotopic (exact) mass is 261 g/mol. The van der Waals surface area contributed by atoms with E-state index in [1.54, 1.807) is 0 Å². The van der Waals surface area contributed by atoms with E-state index in [-0.39, 0.29) is 16.7 Å². The highest BCUT2D eigenvalue weighted by atomic mass is 16.1. The van der Waals surface area contributed by atoms with Gasteiger partial charge in [0, 0.05) is 23.9 Å². The molecule has 0 aromatic heterocycles. The Kier molecular flexibility index (Phi) is 4.92. The van der Waals surface area contributed by atoms with Crippen molar-refractivity contribution < 1.29 is 4.79 Å². The fraction of sp³-hybridized carbons (Fsp3) is 0.588. The average molecular weight is 261 g/mol. The van der Waals surface area contributed by atoms with Gasteiger partial charge >= 0.3 is 0 Å². The molecule has 0 heterocycles. The summed E-state index contributed by atoms with van der Waals surface area (Å²) in [7, 11) is 0. The summed E-state index contributed by atoms with van der Waals surface area (Å²) in [6, 6.07) is 8.32. The topological polar surface area (TPSA) is 29.1 Å². The lowest BCUT2D eigenvalue weighted by Gasteiger charge is -2.20. The van der Waals surface area contributed by atoms with Crippen molar-refractivity contribution >= 4 is 5.78 Å². The van der Waals surface area contributed by atoms with Crippen molar-refractivity contribution in [2.45, 2.75) is 60.0 Å². The molecule has 0 saturated heterocycles. The third-order valence-electron chi connectivity index (χ3n) is 3.05. The van der Waals surface area contributed by atoms with Crippen molar-refractivity contribution in [1.29, 1.82) is 0 Å². The molecule has 1 rings (SSSR count). The zero-order valence-corrected chi connectivity index (χ0v) is 13.1. The van der Waals surface area contributed by atoms with Crippen LogP contribution >= 0.6 is 0 Å². The van der Waals surface area contributed by atoms with E-state index in [9.17, 15) is 4.79 Å². The van der Waals surface area contributed by atoms with Crippen LogP contribution in [0.1, 0.15) is 52.7 Å². The molecule has 0 aliphatic rings. The highest BCUT2D eigenvalue weighted by Crippen LogP contribution is 2.18. The molecular formula is C17H27NO. The molecule has 0 amide bonds. The number of ketones is 1. The number of carbonyl (C=O) groups excluding carboxylic acids is 1. The van der Waals surface area contributed by atoms with Crippen LogP contribution in [-0.4, -0.2) is 11.3 Å². The van der Waals surface area contributed by atoms with E-state index in [1.807, 2.05) is 20.8 Å². The third-order valence-corrected chi connectivity index (χ3v) is 3.05. The predicted octanol–water partition coefficient (Wildman–Crippen LogP) is 3.73. The van der Waals surface area contributed by atoms with Crippen molar-refractivity contribution in [1.82, 2.24) is 5.32 Å². The predicted molar refractivity (Wildman–Crippen MR) is 81.2 cm³/mol. The molecule has 1 aromatic carbocycles. The van der Waals surface area contributed by atoms with Gasteiger partial charge in [0.1, 0.15) is 5.78 Å². The second-order valence-corrected chi connectivity index (χ2v) is 7.27. The van der Waals surface area contributed by atoms with Gasteiger partial charge in [-0.1, -0.05) is 45.0 Å². The standard InChI is InChI=1S/C17H27NO/c1-16(2,3)15(19)11-13-7-9-14(10-8-13)12-18-17(4,5)6/h7-10,18H,11-12H2,1-6H3. The summed E-state index contributed by atoms with van der Waals surface area (Å²) in [5.41, 5.74) is 2.22. The normalized spacial score (nSPS) is 12.5. The van der Waals surface area contributed by atoms with Gasteiger partial charge in [0.25, 0.3) is 0 Å². The van der Waals surface area contributed by atoms with Crippen LogP contribution in [0.25, 0.3) is 0 Å². The van der Waals surface area contributed by atoms with Gasteiger partial charge in [0.05, 0.1) is 0 Å². The van der Waals surface area contributed by atoms with Gasteiger partial charge in [0.15, 0.2) is 0 Å². The quantitative estimate of drug-likeness (QED) is 0.894. The zero-order valence-electron chi connectivity index (χ0n) is 13.1. The largest absolute Gasteiger partial charge is 0.308 e. The fourth-order valence-corrected chi connectivity index (χ4v) is 1.59. The molecular weight excluding hydrogens is 234 g/mol. The molecule has 106 valence electrons. The van der Waals surface area contributed by atoms with Gasteiger partial charge < -0.3 is 5.32 Å². The number of rotatable bonds is 4. The number of benzene rings is 1. The maximum atomic E-state index is 12.0. The Labute approximate surface area is 117 Å².